The van der Waals surface area contributed by atoms with Crippen LogP contribution >= 0.6 is 0 Å². The Bertz CT molecular complexity index is 1290. The maximum Gasteiger partial charge on any atom is 0.306 e. The second-order valence-electron chi connectivity index (χ2n) is 23.4. The lowest BCUT2D eigenvalue weighted by Crippen LogP contribution is -2.30. The van der Waals surface area contributed by atoms with Crippen molar-refractivity contribution in [2.24, 2.45) is 0 Å². The monoisotopic (exact) mass is 1080 g/mol. The summed E-state index contributed by atoms with van der Waals surface area (Å²) in [6.07, 6.45) is 81.8. The molecule has 0 aliphatic carbocycles. The van der Waals surface area contributed by atoms with Gasteiger partial charge >= 0.3 is 17.9 Å². The molecule has 0 saturated heterocycles. The van der Waals surface area contributed by atoms with Crippen molar-refractivity contribution >= 4 is 17.9 Å². The zero-order valence-corrected chi connectivity index (χ0v) is 52.0. The van der Waals surface area contributed by atoms with Crippen molar-refractivity contribution in [2.75, 3.05) is 13.2 Å². The van der Waals surface area contributed by atoms with E-state index in [0.29, 0.717) is 19.3 Å². The van der Waals surface area contributed by atoms with Gasteiger partial charge in [-0.1, -0.05) is 346 Å². The predicted octanol–water partition coefficient (Wildman–Crippen LogP) is 23.6. The number of hydrogen-bond donors (Lipinski definition) is 0. The van der Waals surface area contributed by atoms with E-state index in [1.165, 1.54) is 244 Å². The predicted molar refractivity (Wildman–Crippen MR) is 335 cm³/mol. The average molecular weight is 1080 g/mol. The number of ether oxygens (including phenoxy) is 3. The highest BCUT2D eigenvalue weighted by Crippen LogP contribution is 2.19. The fourth-order valence-corrected chi connectivity index (χ4v) is 10.5. The number of unbranched alkanes of at least 4 members (excludes halogenated alkanes) is 47. The molecule has 77 heavy (non-hydrogen) atoms. The number of rotatable bonds is 64. The van der Waals surface area contributed by atoms with Crippen molar-refractivity contribution in [1.82, 2.24) is 0 Å². The van der Waals surface area contributed by atoms with E-state index >= 15 is 0 Å². The van der Waals surface area contributed by atoms with Gasteiger partial charge in [0.1, 0.15) is 13.2 Å². The Balaban J connectivity index is 4.19. The molecule has 0 aromatic rings. The summed E-state index contributed by atoms with van der Waals surface area (Å²) in [5.41, 5.74) is 0. The lowest BCUT2D eigenvalue weighted by molar-refractivity contribution is -0.167. The minimum Gasteiger partial charge on any atom is -0.462 e. The van der Waals surface area contributed by atoms with Gasteiger partial charge in [0.25, 0.3) is 0 Å². The Morgan fingerprint density at radius 2 is 0.506 bits per heavy atom. The molecule has 1 atom stereocenters. The van der Waals surface area contributed by atoms with Crippen molar-refractivity contribution in [3.8, 4) is 0 Å². The van der Waals surface area contributed by atoms with Crippen molar-refractivity contribution in [2.45, 2.75) is 386 Å². The highest BCUT2D eigenvalue weighted by molar-refractivity contribution is 5.71. The van der Waals surface area contributed by atoms with E-state index in [2.05, 4.69) is 57.2 Å². The van der Waals surface area contributed by atoms with E-state index in [1.54, 1.807) is 0 Å². The molecule has 0 spiro atoms. The molecule has 0 saturated carbocycles. The molecule has 0 N–H and O–H groups in total. The van der Waals surface area contributed by atoms with Crippen LogP contribution in [0.3, 0.4) is 0 Å². The second-order valence-corrected chi connectivity index (χ2v) is 23.4. The zero-order valence-electron chi connectivity index (χ0n) is 52.0. The summed E-state index contributed by atoms with van der Waals surface area (Å²) >= 11 is 0. The smallest absolute Gasteiger partial charge is 0.306 e. The van der Waals surface area contributed by atoms with Gasteiger partial charge in [-0.25, -0.2) is 0 Å². The van der Waals surface area contributed by atoms with Crippen LogP contribution in [0.1, 0.15) is 380 Å². The Morgan fingerprint density at radius 1 is 0.273 bits per heavy atom. The van der Waals surface area contributed by atoms with Crippen LogP contribution in [-0.2, 0) is 28.6 Å². The third kappa shape index (κ3) is 64.3. The van der Waals surface area contributed by atoms with E-state index in [4.69, 9.17) is 14.2 Å². The lowest BCUT2D eigenvalue weighted by atomic mass is 10.0. The van der Waals surface area contributed by atoms with E-state index in [0.717, 1.165) is 96.3 Å². The summed E-state index contributed by atoms with van der Waals surface area (Å²) in [4.78, 5) is 38.4. The van der Waals surface area contributed by atoms with Crippen LogP contribution in [-0.4, -0.2) is 37.2 Å². The molecule has 6 nitrogen and oxygen atoms in total. The van der Waals surface area contributed by atoms with Crippen LogP contribution in [0.5, 0.6) is 0 Å². The zero-order chi connectivity index (χ0) is 55.7. The molecule has 0 amide bonds. The van der Waals surface area contributed by atoms with Crippen LogP contribution in [0, 0.1) is 0 Å². The quantitative estimate of drug-likeness (QED) is 0.0261. The average Bonchev–Trinajstić information content (AvgIpc) is 3.43. The summed E-state index contributed by atoms with van der Waals surface area (Å²) in [5, 5.41) is 0. The molecule has 0 heterocycles. The van der Waals surface area contributed by atoms with Crippen LogP contribution in [0.15, 0.2) is 36.5 Å². The number of carbonyl (C=O) groups excluding carboxylic acids is 3. The second kappa shape index (κ2) is 66.1. The molecule has 0 bridgehead atoms. The number of hydrogen-bond acceptors (Lipinski definition) is 6. The molecule has 0 radical (unpaired) electrons. The first-order chi connectivity index (χ1) is 38.0. The van der Waals surface area contributed by atoms with E-state index in [-0.39, 0.29) is 31.1 Å². The molecule has 6 heteroatoms. The molecule has 0 aromatic carbocycles. The van der Waals surface area contributed by atoms with Crippen LogP contribution in [0.2, 0.25) is 0 Å². The molecule has 452 valence electrons. The van der Waals surface area contributed by atoms with Gasteiger partial charge in [0.2, 0.25) is 0 Å². The van der Waals surface area contributed by atoms with Crippen molar-refractivity contribution in [1.29, 1.82) is 0 Å². The van der Waals surface area contributed by atoms with Gasteiger partial charge in [0, 0.05) is 19.3 Å². The Hall–Kier alpha value is -2.37. The Kier molecular flexibility index (Phi) is 64.1. The van der Waals surface area contributed by atoms with Crippen LogP contribution < -0.4 is 0 Å². The third-order valence-electron chi connectivity index (χ3n) is 15.7. The standard InChI is InChI=1S/C71H132O6/c1-4-7-10-13-16-19-22-25-28-30-31-32-33-34-35-36-37-38-39-40-41-44-46-49-52-55-58-61-64-70(73)76-67-68(66-75-69(72)63-60-57-54-51-48-45-42-27-24-21-18-15-12-9-6-3)77-71(74)65-62-59-56-53-50-47-43-29-26-23-20-17-14-11-8-5-2/h9,12,18,21,27,42,68H,4-8,10-11,13-17,19-20,22-26,28-41,43-67H2,1-3H3/b12-9-,21-18-,42-27-. The van der Waals surface area contributed by atoms with Gasteiger partial charge < -0.3 is 14.2 Å². The highest BCUT2D eigenvalue weighted by atomic mass is 16.6. The molecule has 0 aliphatic heterocycles. The summed E-state index contributed by atoms with van der Waals surface area (Å²) in [6.45, 7) is 6.59. The van der Waals surface area contributed by atoms with Gasteiger partial charge in [-0.3, -0.25) is 14.4 Å². The van der Waals surface area contributed by atoms with Gasteiger partial charge in [-0.2, -0.15) is 0 Å². The summed E-state index contributed by atoms with van der Waals surface area (Å²) in [5.74, 6) is -0.862. The number of carbonyl (C=O) groups is 3. The molecular weight excluding hydrogens is 949 g/mol. The number of allylic oxidation sites excluding steroid dienone is 6. The third-order valence-corrected chi connectivity index (χ3v) is 15.7. The molecule has 0 aliphatic rings. The van der Waals surface area contributed by atoms with E-state index in [9.17, 15) is 14.4 Å². The first-order valence-corrected chi connectivity index (χ1v) is 34.5. The van der Waals surface area contributed by atoms with Gasteiger partial charge in [0.15, 0.2) is 6.10 Å². The SMILES string of the molecule is CC/C=C\C/C=C\C/C=C\CCCCCCCC(=O)OCC(COC(=O)CCCCCCCCCCCCCCCCCCCCCCCCCCCCCC)OC(=O)CCCCCCCCCCCCCCCCCC. The number of esters is 3. The molecule has 0 aromatic heterocycles. The van der Waals surface area contributed by atoms with Crippen LogP contribution in [0.4, 0.5) is 0 Å². The maximum atomic E-state index is 12.9. The van der Waals surface area contributed by atoms with E-state index in [1.807, 2.05) is 0 Å². The molecular formula is C71H132O6. The fraction of sp³-hybridized carbons (Fsp3) is 0.873. The van der Waals surface area contributed by atoms with Crippen molar-refractivity contribution in [3.63, 3.8) is 0 Å². The molecule has 0 rings (SSSR count). The lowest BCUT2D eigenvalue weighted by Gasteiger charge is -2.18. The highest BCUT2D eigenvalue weighted by Gasteiger charge is 2.19. The Labute approximate surface area is 480 Å². The maximum absolute atomic E-state index is 12.9. The van der Waals surface area contributed by atoms with Gasteiger partial charge in [-0.05, 0) is 51.4 Å². The Morgan fingerprint density at radius 3 is 0.792 bits per heavy atom. The fourth-order valence-electron chi connectivity index (χ4n) is 10.5. The van der Waals surface area contributed by atoms with Gasteiger partial charge in [-0.15, -0.1) is 0 Å². The largest absolute Gasteiger partial charge is 0.462 e. The first kappa shape index (κ1) is 74.6. The van der Waals surface area contributed by atoms with Crippen molar-refractivity contribution in [3.05, 3.63) is 36.5 Å². The summed E-state index contributed by atoms with van der Waals surface area (Å²) < 4.78 is 17.0. The first-order valence-electron chi connectivity index (χ1n) is 34.5. The summed E-state index contributed by atoms with van der Waals surface area (Å²) in [6, 6.07) is 0. The van der Waals surface area contributed by atoms with E-state index < -0.39 is 6.10 Å². The van der Waals surface area contributed by atoms with Crippen LogP contribution in [0.25, 0.3) is 0 Å². The normalized spacial score (nSPS) is 12.2. The summed E-state index contributed by atoms with van der Waals surface area (Å²) in [7, 11) is 0. The minimum absolute atomic E-state index is 0.0720. The van der Waals surface area contributed by atoms with Gasteiger partial charge in [0.05, 0.1) is 0 Å². The van der Waals surface area contributed by atoms with Crippen molar-refractivity contribution < 1.29 is 28.6 Å². The molecule has 0 fully saturated rings. The topological polar surface area (TPSA) is 78.9 Å². The molecule has 1 unspecified atom stereocenters. The minimum atomic E-state index is -0.776.